The summed E-state index contributed by atoms with van der Waals surface area (Å²) in [6.45, 7) is 6.08. The second kappa shape index (κ2) is 3.93. The average Bonchev–Trinajstić information content (AvgIpc) is 3.00. The number of alkyl halides is 1. The fraction of sp³-hybridized carbons (Fsp3) is 1.00. The van der Waals surface area contributed by atoms with Crippen LogP contribution in [0.2, 0.25) is 0 Å². The Kier molecular flexibility index (Phi) is 2.84. The third-order valence-corrected chi connectivity index (χ3v) is 3.26. The molecule has 0 aromatic rings. The minimum Gasteiger partial charge on any atom is -0.314 e. The molecule has 2 fully saturated rings. The topological polar surface area (TPSA) is 15.3 Å². The minimum atomic E-state index is -0.585. The maximum atomic E-state index is 13.7. The number of rotatable bonds is 3. The fourth-order valence-corrected chi connectivity index (χ4v) is 2.10. The molecule has 0 radical (unpaired) electrons. The predicted molar refractivity (Wildman–Crippen MR) is 51.5 cm³/mol. The molecule has 1 aliphatic heterocycles. The summed E-state index contributed by atoms with van der Waals surface area (Å²) in [4.78, 5) is 2.28. The molecule has 1 aliphatic carbocycles. The molecule has 0 bridgehead atoms. The van der Waals surface area contributed by atoms with E-state index in [0.717, 1.165) is 39.0 Å². The molecule has 2 nitrogen and oxygen atoms in total. The normalized spacial score (nSPS) is 30.0. The van der Waals surface area contributed by atoms with Gasteiger partial charge in [0.05, 0.1) is 0 Å². The van der Waals surface area contributed by atoms with Crippen LogP contribution in [0.15, 0.2) is 0 Å². The van der Waals surface area contributed by atoms with E-state index in [4.69, 9.17) is 0 Å². The highest BCUT2D eigenvalue weighted by molar-refractivity contribution is 4.89. The summed E-state index contributed by atoms with van der Waals surface area (Å²) in [6.07, 6.45) is 1.63. The van der Waals surface area contributed by atoms with E-state index in [1.54, 1.807) is 0 Å². The zero-order valence-corrected chi connectivity index (χ0v) is 8.30. The lowest BCUT2D eigenvalue weighted by atomic mass is 10.1. The lowest BCUT2D eigenvalue weighted by molar-refractivity contribution is 0.0971. The van der Waals surface area contributed by atoms with E-state index in [-0.39, 0.29) is 6.04 Å². The van der Waals surface area contributed by atoms with Crippen molar-refractivity contribution in [1.29, 1.82) is 0 Å². The standard InChI is InChI=1S/C10H19FN2/c1-8(10(11)9-2-3-9)13-6-4-12-5-7-13/h8-10,12H,2-7H2,1H3. The number of halogens is 1. The lowest BCUT2D eigenvalue weighted by Gasteiger charge is -2.34. The largest absolute Gasteiger partial charge is 0.314 e. The van der Waals surface area contributed by atoms with Gasteiger partial charge in [0.25, 0.3) is 0 Å². The molecule has 2 rings (SSSR count). The van der Waals surface area contributed by atoms with Crippen LogP contribution >= 0.6 is 0 Å². The third kappa shape index (κ3) is 2.20. The van der Waals surface area contributed by atoms with E-state index in [1.807, 2.05) is 6.92 Å². The van der Waals surface area contributed by atoms with Gasteiger partial charge in [0.1, 0.15) is 6.17 Å². The van der Waals surface area contributed by atoms with E-state index < -0.39 is 6.17 Å². The minimum absolute atomic E-state index is 0.134. The molecule has 1 saturated heterocycles. The summed E-state index contributed by atoms with van der Waals surface area (Å²) >= 11 is 0. The van der Waals surface area contributed by atoms with Gasteiger partial charge in [-0.1, -0.05) is 0 Å². The highest BCUT2D eigenvalue weighted by Crippen LogP contribution is 2.37. The Balaban J connectivity index is 1.82. The Morgan fingerprint density at radius 2 is 1.92 bits per heavy atom. The van der Waals surface area contributed by atoms with Gasteiger partial charge in [-0.15, -0.1) is 0 Å². The van der Waals surface area contributed by atoms with Gasteiger partial charge in [-0.3, -0.25) is 4.90 Å². The highest BCUT2D eigenvalue weighted by atomic mass is 19.1. The fourth-order valence-electron chi connectivity index (χ4n) is 2.10. The van der Waals surface area contributed by atoms with Gasteiger partial charge >= 0.3 is 0 Å². The van der Waals surface area contributed by atoms with Crippen LogP contribution in [0.1, 0.15) is 19.8 Å². The van der Waals surface area contributed by atoms with Crippen LogP contribution < -0.4 is 5.32 Å². The first kappa shape index (κ1) is 9.41. The molecule has 2 atom stereocenters. The first-order valence-electron chi connectivity index (χ1n) is 5.38. The average molecular weight is 186 g/mol. The Morgan fingerprint density at radius 1 is 1.31 bits per heavy atom. The number of hydrogen-bond acceptors (Lipinski definition) is 2. The molecular weight excluding hydrogens is 167 g/mol. The maximum absolute atomic E-state index is 13.7. The summed E-state index contributed by atoms with van der Waals surface area (Å²) < 4.78 is 13.7. The molecule has 0 spiro atoms. The summed E-state index contributed by atoms with van der Waals surface area (Å²) in [5.74, 6) is 0.380. The molecule has 13 heavy (non-hydrogen) atoms. The molecule has 2 aliphatic rings. The van der Waals surface area contributed by atoms with E-state index in [9.17, 15) is 4.39 Å². The monoisotopic (exact) mass is 186 g/mol. The van der Waals surface area contributed by atoms with Gasteiger partial charge in [-0.05, 0) is 25.7 Å². The SMILES string of the molecule is CC(C(F)C1CC1)N1CCNCC1. The van der Waals surface area contributed by atoms with Gasteiger partial charge in [0.15, 0.2) is 0 Å². The van der Waals surface area contributed by atoms with Gasteiger partial charge in [-0.2, -0.15) is 0 Å². The molecule has 2 unspecified atom stereocenters. The number of hydrogen-bond donors (Lipinski definition) is 1. The van der Waals surface area contributed by atoms with E-state index in [2.05, 4.69) is 10.2 Å². The smallest absolute Gasteiger partial charge is 0.118 e. The third-order valence-electron chi connectivity index (χ3n) is 3.26. The van der Waals surface area contributed by atoms with Crippen molar-refractivity contribution in [3.05, 3.63) is 0 Å². The van der Waals surface area contributed by atoms with Crippen LogP contribution in [-0.2, 0) is 0 Å². The van der Waals surface area contributed by atoms with Crippen LogP contribution in [-0.4, -0.2) is 43.3 Å². The lowest BCUT2D eigenvalue weighted by Crippen LogP contribution is -2.50. The van der Waals surface area contributed by atoms with Crippen molar-refractivity contribution in [2.24, 2.45) is 5.92 Å². The Bertz CT molecular complexity index is 164. The van der Waals surface area contributed by atoms with Crippen molar-refractivity contribution in [1.82, 2.24) is 10.2 Å². The van der Waals surface area contributed by atoms with Crippen molar-refractivity contribution < 1.29 is 4.39 Å². The molecule has 0 aromatic carbocycles. The molecular formula is C10H19FN2. The van der Waals surface area contributed by atoms with Gasteiger partial charge in [0, 0.05) is 32.2 Å². The molecule has 0 aromatic heterocycles. The van der Waals surface area contributed by atoms with E-state index in [0.29, 0.717) is 5.92 Å². The summed E-state index contributed by atoms with van der Waals surface area (Å²) in [5.41, 5.74) is 0. The Hall–Kier alpha value is -0.150. The molecule has 0 amide bonds. The van der Waals surface area contributed by atoms with Crippen LogP contribution in [0.4, 0.5) is 4.39 Å². The van der Waals surface area contributed by atoms with Crippen LogP contribution in [0.5, 0.6) is 0 Å². The summed E-state index contributed by atoms with van der Waals surface area (Å²) in [6, 6.07) is 0.134. The van der Waals surface area contributed by atoms with Gasteiger partial charge < -0.3 is 5.32 Å². The molecule has 3 heteroatoms. The van der Waals surface area contributed by atoms with Crippen molar-refractivity contribution in [2.45, 2.75) is 32.0 Å². The quantitative estimate of drug-likeness (QED) is 0.708. The van der Waals surface area contributed by atoms with Gasteiger partial charge in [0.2, 0.25) is 0 Å². The van der Waals surface area contributed by atoms with Crippen molar-refractivity contribution >= 4 is 0 Å². The molecule has 76 valence electrons. The number of nitrogens with zero attached hydrogens (tertiary/aromatic N) is 1. The Labute approximate surface area is 79.5 Å². The molecule has 1 N–H and O–H groups in total. The zero-order chi connectivity index (χ0) is 9.26. The van der Waals surface area contributed by atoms with Crippen molar-refractivity contribution in [2.75, 3.05) is 26.2 Å². The zero-order valence-electron chi connectivity index (χ0n) is 8.30. The van der Waals surface area contributed by atoms with E-state index >= 15 is 0 Å². The highest BCUT2D eigenvalue weighted by Gasteiger charge is 2.37. The first-order valence-corrected chi connectivity index (χ1v) is 5.38. The van der Waals surface area contributed by atoms with Crippen molar-refractivity contribution in [3.8, 4) is 0 Å². The molecule has 1 heterocycles. The summed E-state index contributed by atoms with van der Waals surface area (Å²) in [5, 5.41) is 3.29. The predicted octanol–water partition coefficient (Wildman–Crippen LogP) is 1.03. The second-order valence-corrected chi connectivity index (χ2v) is 4.31. The van der Waals surface area contributed by atoms with Crippen LogP contribution in [0.25, 0.3) is 0 Å². The Morgan fingerprint density at radius 3 is 2.46 bits per heavy atom. The van der Waals surface area contributed by atoms with Crippen LogP contribution in [0.3, 0.4) is 0 Å². The summed E-state index contributed by atoms with van der Waals surface area (Å²) in [7, 11) is 0. The van der Waals surface area contributed by atoms with Crippen LogP contribution in [0, 0.1) is 5.92 Å². The first-order chi connectivity index (χ1) is 6.29. The molecule has 1 saturated carbocycles. The van der Waals surface area contributed by atoms with Crippen molar-refractivity contribution in [3.63, 3.8) is 0 Å². The van der Waals surface area contributed by atoms with E-state index in [1.165, 1.54) is 0 Å². The maximum Gasteiger partial charge on any atom is 0.118 e. The second-order valence-electron chi connectivity index (χ2n) is 4.31. The number of nitrogens with one attached hydrogen (secondary N) is 1. The number of piperazine rings is 1. The van der Waals surface area contributed by atoms with Gasteiger partial charge in [-0.25, -0.2) is 4.39 Å².